The second-order valence-corrected chi connectivity index (χ2v) is 14.7. The maximum atomic E-state index is 15.4. The van der Waals surface area contributed by atoms with E-state index in [0.29, 0.717) is 32.5 Å². The van der Waals surface area contributed by atoms with Gasteiger partial charge in [0.25, 0.3) is 11.8 Å². The fraction of sp³-hybridized carbons (Fsp3) is 0.514. The number of piperazine rings is 1. The molecule has 3 aliphatic rings. The maximum absolute atomic E-state index is 15.4. The largest absolute Gasteiger partial charge is 0.444 e. The Bertz CT molecular complexity index is 1570. The quantitative estimate of drug-likeness (QED) is 0.203. The van der Waals surface area contributed by atoms with Crippen LogP contribution in [0, 0.1) is 5.82 Å². The zero-order valence-electron chi connectivity index (χ0n) is 28.5. The summed E-state index contributed by atoms with van der Waals surface area (Å²) < 4.78 is 23.1. The van der Waals surface area contributed by atoms with Crippen LogP contribution in [0.5, 0.6) is 0 Å². The van der Waals surface area contributed by atoms with Crippen molar-refractivity contribution < 1.29 is 33.1 Å². The minimum atomic E-state index is -1.16. The number of piperidine rings is 1. The van der Waals surface area contributed by atoms with Gasteiger partial charge in [0.05, 0.1) is 16.8 Å². The summed E-state index contributed by atoms with van der Waals surface area (Å²) in [5.41, 5.74) is 0.876. The molecule has 1 atom stereocenters. The predicted octanol–water partition coefficient (Wildman–Crippen LogP) is 3.83. The normalized spacial score (nSPS) is 18.3. The van der Waals surface area contributed by atoms with Crippen molar-refractivity contribution in [3.8, 4) is 0 Å². The molecule has 12 nitrogen and oxygen atoms in total. The Labute approximate surface area is 290 Å². The second kappa shape index (κ2) is 15.7. The lowest BCUT2D eigenvalue weighted by atomic mass is 10.1. The summed E-state index contributed by atoms with van der Waals surface area (Å²) in [6.07, 6.45) is 1.93. The van der Waals surface area contributed by atoms with Crippen molar-refractivity contribution in [3.05, 3.63) is 58.9 Å². The lowest BCUT2D eigenvalue weighted by Gasteiger charge is -2.36. The molecule has 2 aromatic rings. The van der Waals surface area contributed by atoms with Gasteiger partial charge in [0.2, 0.25) is 5.91 Å². The van der Waals surface area contributed by atoms with E-state index >= 15 is 4.39 Å². The Morgan fingerprint density at radius 3 is 2.33 bits per heavy atom. The summed E-state index contributed by atoms with van der Waals surface area (Å²) in [5, 5.41) is 5.42. The van der Waals surface area contributed by atoms with Gasteiger partial charge >= 0.3 is 6.09 Å². The van der Waals surface area contributed by atoms with Crippen molar-refractivity contribution in [2.75, 3.05) is 51.2 Å². The molecule has 0 aliphatic carbocycles. The van der Waals surface area contributed by atoms with Gasteiger partial charge in [-0.25, -0.2) is 13.5 Å². The number of anilines is 1. The first-order valence-corrected chi connectivity index (χ1v) is 17.5. The zero-order chi connectivity index (χ0) is 35.3. The molecule has 2 aromatic carbocycles. The fourth-order valence-electron chi connectivity index (χ4n) is 6.38. The smallest absolute Gasteiger partial charge is 0.407 e. The van der Waals surface area contributed by atoms with Gasteiger partial charge < -0.3 is 25.1 Å². The predicted molar refractivity (Wildman–Crippen MR) is 184 cm³/mol. The van der Waals surface area contributed by atoms with Gasteiger partial charge in [0.15, 0.2) is 0 Å². The van der Waals surface area contributed by atoms with E-state index in [1.807, 2.05) is 25.7 Å². The van der Waals surface area contributed by atoms with E-state index in [4.69, 9.17) is 4.74 Å². The molecule has 264 valence electrons. The van der Waals surface area contributed by atoms with Crippen LogP contribution < -0.4 is 15.5 Å². The first kappa shape index (κ1) is 36.3. The average molecular weight is 697 g/mol. The van der Waals surface area contributed by atoms with E-state index in [-0.39, 0.29) is 41.8 Å². The van der Waals surface area contributed by atoms with E-state index < -0.39 is 35.2 Å². The topological polar surface area (TPSA) is 132 Å². The highest BCUT2D eigenvalue weighted by Gasteiger charge is 2.43. The number of amides is 4. The number of fused-ring (bicyclic) bond motifs is 1. The number of aldehydes is 1. The first-order chi connectivity index (χ1) is 23.4. The number of likely N-dealkylation sites (N-methyl/N-ethyl adjacent to an activating group) is 1. The third-order valence-corrected chi connectivity index (χ3v) is 9.92. The molecule has 4 amide bonds. The lowest BCUT2D eigenvalue weighted by Crippen LogP contribution is -2.48. The fourth-order valence-corrected chi connectivity index (χ4v) is 7.42. The molecular weight excluding hydrogens is 651 g/mol. The Balaban J connectivity index is 1.14. The van der Waals surface area contributed by atoms with Crippen LogP contribution in [-0.4, -0.2) is 108 Å². The first-order valence-electron chi connectivity index (χ1n) is 16.7. The van der Waals surface area contributed by atoms with Gasteiger partial charge in [-0.1, -0.05) is 12.1 Å². The second-order valence-electron chi connectivity index (χ2n) is 13.6. The van der Waals surface area contributed by atoms with Gasteiger partial charge in [-0.2, -0.15) is 0 Å². The Kier molecular flexibility index (Phi) is 11.6. The highest BCUT2D eigenvalue weighted by Crippen LogP contribution is 2.33. The number of nitrogens with zero attached hydrogens (tertiary/aromatic N) is 4. The minimum Gasteiger partial charge on any atom is -0.444 e. The minimum absolute atomic E-state index is 0.00597. The van der Waals surface area contributed by atoms with E-state index in [1.165, 1.54) is 18.7 Å². The van der Waals surface area contributed by atoms with Crippen LogP contribution in [0.4, 0.5) is 14.9 Å². The van der Waals surface area contributed by atoms with Gasteiger partial charge in [0.1, 0.15) is 23.7 Å². The van der Waals surface area contributed by atoms with Crippen molar-refractivity contribution >= 4 is 47.7 Å². The van der Waals surface area contributed by atoms with E-state index in [1.54, 1.807) is 11.9 Å². The van der Waals surface area contributed by atoms with Gasteiger partial charge in [-0.3, -0.25) is 24.2 Å². The highest BCUT2D eigenvalue weighted by molar-refractivity contribution is 7.97. The van der Waals surface area contributed by atoms with Gasteiger partial charge in [0, 0.05) is 70.2 Å². The summed E-state index contributed by atoms with van der Waals surface area (Å²) in [6, 6.07) is 9.88. The van der Waals surface area contributed by atoms with Crippen molar-refractivity contribution in [2.45, 2.75) is 75.6 Å². The van der Waals surface area contributed by atoms with Gasteiger partial charge in [-0.05, 0) is 81.8 Å². The molecule has 2 fully saturated rings. The molecule has 0 aromatic heterocycles. The number of benzene rings is 2. The molecule has 2 saturated heterocycles. The molecule has 3 heterocycles. The van der Waals surface area contributed by atoms with Crippen LogP contribution >= 0.6 is 11.9 Å². The summed E-state index contributed by atoms with van der Waals surface area (Å²) in [5.74, 6) is -2.57. The SMILES string of the molecule is CNC(=O)C(CCC=O)N1C(=O)c2cc(F)c(N3CCN(Cc4cccc(SN5CCC(NC(=O)OC(C)(C)C)CC5)c4)CC3)cc2C1=O. The van der Waals surface area contributed by atoms with Crippen LogP contribution in [0.2, 0.25) is 0 Å². The molecule has 0 bridgehead atoms. The molecule has 49 heavy (non-hydrogen) atoms. The van der Waals surface area contributed by atoms with Crippen LogP contribution in [0.25, 0.3) is 0 Å². The number of hydrogen-bond acceptors (Lipinski definition) is 10. The van der Waals surface area contributed by atoms with Crippen LogP contribution in [0.15, 0.2) is 41.3 Å². The van der Waals surface area contributed by atoms with Crippen LogP contribution in [0.1, 0.15) is 72.7 Å². The van der Waals surface area contributed by atoms with Crippen molar-refractivity contribution in [2.24, 2.45) is 0 Å². The standard InChI is InChI=1S/C35H45FN6O6S/c1-35(2,3)48-34(47)38-24-10-12-41(13-11-24)49-25-8-5-7-23(19-25)22-39-14-16-40(17-15-39)30-21-27-26(20-28(30)36)32(45)42(33(27)46)29(9-6-18-43)31(44)37-4/h5,7-8,18-21,24,29H,6,9-17,22H2,1-4H3,(H,37,44)(H,38,47). The Morgan fingerprint density at radius 2 is 1.69 bits per heavy atom. The summed E-state index contributed by atoms with van der Waals surface area (Å²) in [4.78, 5) is 68.2. The van der Waals surface area contributed by atoms with Crippen molar-refractivity contribution in [1.82, 2.24) is 24.7 Å². The van der Waals surface area contributed by atoms with E-state index in [9.17, 15) is 24.0 Å². The number of rotatable bonds is 11. The summed E-state index contributed by atoms with van der Waals surface area (Å²) in [7, 11) is 1.39. The number of alkyl carbamates (subject to hydrolysis) is 1. The molecule has 1 unspecified atom stereocenters. The molecular formula is C35H45FN6O6S. The molecule has 14 heteroatoms. The average Bonchev–Trinajstić information content (AvgIpc) is 3.29. The number of hydrogen-bond donors (Lipinski definition) is 2. The molecule has 2 N–H and O–H groups in total. The highest BCUT2D eigenvalue weighted by atomic mass is 32.2. The number of nitrogens with one attached hydrogen (secondary N) is 2. The Hall–Kier alpha value is -4.01. The van der Waals surface area contributed by atoms with Crippen LogP contribution in [0.3, 0.4) is 0 Å². The molecule has 0 radical (unpaired) electrons. The number of imide groups is 1. The van der Waals surface area contributed by atoms with Crippen molar-refractivity contribution in [3.63, 3.8) is 0 Å². The third kappa shape index (κ3) is 8.97. The van der Waals surface area contributed by atoms with Crippen molar-refractivity contribution in [1.29, 1.82) is 0 Å². The maximum Gasteiger partial charge on any atom is 0.407 e. The zero-order valence-corrected chi connectivity index (χ0v) is 29.3. The van der Waals surface area contributed by atoms with E-state index in [0.717, 1.165) is 48.3 Å². The summed E-state index contributed by atoms with van der Waals surface area (Å²) in [6.45, 7) is 10.4. The third-order valence-electron chi connectivity index (χ3n) is 8.83. The molecule has 0 spiro atoms. The van der Waals surface area contributed by atoms with E-state index in [2.05, 4.69) is 44.1 Å². The molecule has 5 rings (SSSR count). The molecule has 3 aliphatic heterocycles. The number of halogens is 1. The molecule has 0 saturated carbocycles. The Morgan fingerprint density at radius 1 is 1.02 bits per heavy atom. The number of carbonyl (C=O) groups excluding carboxylic acids is 5. The lowest BCUT2D eigenvalue weighted by molar-refractivity contribution is -0.124. The van der Waals surface area contributed by atoms with Crippen LogP contribution in [-0.2, 0) is 20.9 Å². The number of ether oxygens (including phenoxy) is 1. The summed E-state index contributed by atoms with van der Waals surface area (Å²) >= 11 is 1.72. The van der Waals surface area contributed by atoms with Gasteiger partial charge in [-0.15, -0.1) is 0 Å². The number of carbonyl (C=O) groups is 5. The monoisotopic (exact) mass is 696 g/mol.